The Kier molecular flexibility index (Phi) is 3.65. The van der Waals surface area contributed by atoms with Crippen LogP contribution >= 0.6 is 0 Å². The second-order valence-electron chi connectivity index (χ2n) is 6.15. The second kappa shape index (κ2) is 5.96. The van der Waals surface area contributed by atoms with E-state index in [1.165, 1.54) is 0 Å². The number of hydrogen-bond donors (Lipinski definition) is 1. The number of pyridine rings is 1. The molecule has 0 saturated carbocycles. The van der Waals surface area contributed by atoms with Crippen molar-refractivity contribution in [3.63, 3.8) is 0 Å². The van der Waals surface area contributed by atoms with Gasteiger partial charge in [0.05, 0.1) is 0 Å². The van der Waals surface area contributed by atoms with Crippen LogP contribution in [0.25, 0.3) is 22.0 Å². The summed E-state index contributed by atoms with van der Waals surface area (Å²) in [5, 5.41) is 11.1. The zero-order valence-corrected chi connectivity index (χ0v) is 13.3. The fourth-order valence-corrected chi connectivity index (χ4v) is 3.25. The highest BCUT2D eigenvalue weighted by molar-refractivity contribution is 5.95. The van der Waals surface area contributed by atoms with Crippen LogP contribution in [0.4, 0.5) is 0 Å². The van der Waals surface area contributed by atoms with Crippen molar-refractivity contribution in [2.45, 2.75) is 12.8 Å². The molecule has 0 bridgehead atoms. The first-order valence-corrected chi connectivity index (χ1v) is 8.20. The topological polar surface area (TPSA) is 53.4 Å². The van der Waals surface area contributed by atoms with Crippen LogP contribution in [-0.4, -0.2) is 34.0 Å². The van der Waals surface area contributed by atoms with Gasteiger partial charge in [0.2, 0.25) is 0 Å². The molecule has 0 atom stereocenters. The molecule has 4 rings (SSSR count). The van der Waals surface area contributed by atoms with E-state index in [1.54, 1.807) is 12.3 Å². The highest BCUT2D eigenvalue weighted by atomic mass is 16.3. The van der Waals surface area contributed by atoms with Crippen LogP contribution in [0.1, 0.15) is 23.2 Å². The Morgan fingerprint density at radius 3 is 2.50 bits per heavy atom. The predicted molar refractivity (Wildman–Crippen MR) is 94.0 cm³/mol. The second-order valence-corrected chi connectivity index (χ2v) is 6.15. The lowest BCUT2D eigenvalue weighted by Crippen LogP contribution is -2.27. The number of hydrogen-bond acceptors (Lipinski definition) is 3. The standard InChI is InChI=1S/C20H18N2O2/c23-18-13-17(12-16-4-3-9-21-19(16)18)14-5-7-15(8-6-14)20(24)22-10-1-2-11-22/h3-9,12-13,23H,1-2,10-11H2. The monoisotopic (exact) mass is 318 g/mol. The molecule has 2 heterocycles. The van der Waals surface area contributed by atoms with Crippen molar-refractivity contribution >= 4 is 16.8 Å². The van der Waals surface area contributed by atoms with Crippen LogP contribution in [0.5, 0.6) is 5.75 Å². The van der Waals surface area contributed by atoms with Crippen molar-refractivity contribution in [1.82, 2.24) is 9.88 Å². The van der Waals surface area contributed by atoms with Gasteiger partial charge < -0.3 is 10.0 Å². The molecular formula is C20H18N2O2. The number of fused-ring (bicyclic) bond motifs is 1. The van der Waals surface area contributed by atoms with Gasteiger partial charge in [-0.15, -0.1) is 0 Å². The van der Waals surface area contributed by atoms with Crippen molar-refractivity contribution in [2.24, 2.45) is 0 Å². The minimum Gasteiger partial charge on any atom is -0.506 e. The SMILES string of the molecule is O=C(c1ccc(-c2cc(O)c3ncccc3c2)cc1)N1CCCC1. The highest BCUT2D eigenvalue weighted by Crippen LogP contribution is 2.30. The Balaban J connectivity index is 1.66. The lowest BCUT2D eigenvalue weighted by molar-refractivity contribution is 0.0793. The average molecular weight is 318 g/mol. The smallest absolute Gasteiger partial charge is 0.253 e. The van der Waals surface area contributed by atoms with Crippen LogP contribution in [0.3, 0.4) is 0 Å². The molecule has 1 N–H and O–H groups in total. The first-order chi connectivity index (χ1) is 11.7. The Hall–Kier alpha value is -2.88. The van der Waals surface area contributed by atoms with Crippen LogP contribution in [0, 0.1) is 0 Å². The van der Waals surface area contributed by atoms with E-state index in [1.807, 2.05) is 47.4 Å². The lowest BCUT2D eigenvalue weighted by atomic mass is 10.0. The van der Waals surface area contributed by atoms with E-state index in [0.717, 1.165) is 42.4 Å². The molecular weight excluding hydrogens is 300 g/mol. The molecule has 2 aromatic carbocycles. The molecule has 0 spiro atoms. The van der Waals surface area contributed by atoms with Gasteiger partial charge >= 0.3 is 0 Å². The summed E-state index contributed by atoms with van der Waals surface area (Å²) in [6, 6.07) is 15.1. The van der Waals surface area contributed by atoms with Crippen molar-refractivity contribution in [2.75, 3.05) is 13.1 Å². The van der Waals surface area contributed by atoms with Gasteiger partial charge in [0.25, 0.3) is 5.91 Å². The molecule has 120 valence electrons. The molecule has 4 nitrogen and oxygen atoms in total. The normalized spacial score (nSPS) is 14.2. The number of nitrogens with zero attached hydrogens (tertiary/aromatic N) is 2. The fraction of sp³-hybridized carbons (Fsp3) is 0.200. The molecule has 0 aliphatic carbocycles. The fourth-order valence-electron chi connectivity index (χ4n) is 3.25. The summed E-state index contributed by atoms with van der Waals surface area (Å²) in [6.45, 7) is 1.71. The lowest BCUT2D eigenvalue weighted by Gasteiger charge is -2.15. The Labute approximate surface area is 140 Å². The summed E-state index contributed by atoms with van der Waals surface area (Å²) in [4.78, 5) is 18.5. The minimum absolute atomic E-state index is 0.101. The van der Waals surface area contributed by atoms with Gasteiger partial charge in [0.15, 0.2) is 0 Å². The quantitative estimate of drug-likeness (QED) is 0.781. The van der Waals surface area contributed by atoms with Gasteiger partial charge in [0.1, 0.15) is 11.3 Å². The van der Waals surface area contributed by atoms with E-state index in [2.05, 4.69) is 4.98 Å². The van der Waals surface area contributed by atoms with E-state index in [-0.39, 0.29) is 11.7 Å². The predicted octanol–water partition coefficient (Wildman–Crippen LogP) is 3.84. The Bertz CT molecular complexity index is 897. The number of carbonyl (C=O) groups excluding carboxylic acids is 1. The van der Waals surface area contributed by atoms with E-state index in [4.69, 9.17) is 0 Å². The number of benzene rings is 2. The van der Waals surface area contributed by atoms with E-state index in [0.29, 0.717) is 11.1 Å². The Morgan fingerprint density at radius 2 is 1.75 bits per heavy atom. The van der Waals surface area contributed by atoms with Gasteiger partial charge in [0, 0.05) is 30.2 Å². The van der Waals surface area contributed by atoms with Crippen molar-refractivity contribution in [1.29, 1.82) is 0 Å². The molecule has 1 fully saturated rings. The van der Waals surface area contributed by atoms with E-state index < -0.39 is 0 Å². The minimum atomic E-state index is 0.101. The number of carbonyl (C=O) groups is 1. The first kappa shape index (κ1) is 14.7. The number of aromatic nitrogens is 1. The molecule has 1 aromatic heterocycles. The summed E-state index contributed by atoms with van der Waals surface area (Å²) < 4.78 is 0. The molecule has 4 heteroatoms. The third kappa shape index (κ3) is 2.60. The van der Waals surface area contributed by atoms with Gasteiger partial charge in [-0.05, 0) is 54.3 Å². The van der Waals surface area contributed by atoms with Crippen LogP contribution in [0.2, 0.25) is 0 Å². The zero-order chi connectivity index (χ0) is 16.5. The molecule has 1 saturated heterocycles. The van der Waals surface area contributed by atoms with Crippen molar-refractivity contribution in [3.8, 4) is 16.9 Å². The van der Waals surface area contributed by atoms with Crippen molar-refractivity contribution in [3.05, 3.63) is 60.3 Å². The summed E-state index contributed by atoms with van der Waals surface area (Å²) >= 11 is 0. The number of amides is 1. The highest BCUT2D eigenvalue weighted by Gasteiger charge is 2.19. The van der Waals surface area contributed by atoms with Crippen LogP contribution in [0.15, 0.2) is 54.7 Å². The molecule has 3 aromatic rings. The maximum absolute atomic E-state index is 12.4. The van der Waals surface area contributed by atoms with Gasteiger partial charge in [-0.2, -0.15) is 0 Å². The van der Waals surface area contributed by atoms with Crippen LogP contribution < -0.4 is 0 Å². The van der Waals surface area contributed by atoms with Crippen molar-refractivity contribution < 1.29 is 9.90 Å². The summed E-state index contributed by atoms with van der Waals surface area (Å²) in [5.74, 6) is 0.268. The van der Waals surface area contributed by atoms with Gasteiger partial charge in [-0.3, -0.25) is 9.78 Å². The molecule has 1 aliphatic rings. The van der Waals surface area contributed by atoms with E-state index in [9.17, 15) is 9.90 Å². The molecule has 1 aliphatic heterocycles. The molecule has 0 radical (unpaired) electrons. The number of rotatable bonds is 2. The van der Waals surface area contributed by atoms with Gasteiger partial charge in [-0.1, -0.05) is 18.2 Å². The van der Waals surface area contributed by atoms with Gasteiger partial charge in [-0.25, -0.2) is 0 Å². The third-order valence-electron chi connectivity index (χ3n) is 4.54. The average Bonchev–Trinajstić information content (AvgIpc) is 3.16. The van der Waals surface area contributed by atoms with E-state index >= 15 is 0 Å². The summed E-state index contributed by atoms with van der Waals surface area (Å²) in [5.41, 5.74) is 3.19. The number of phenols is 1. The zero-order valence-electron chi connectivity index (χ0n) is 13.3. The number of aromatic hydroxyl groups is 1. The maximum atomic E-state index is 12.4. The summed E-state index contributed by atoms with van der Waals surface area (Å²) in [7, 11) is 0. The molecule has 24 heavy (non-hydrogen) atoms. The summed E-state index contributed by atoms with van der Waals surface area (Å²) in [6.07, 6.45) is 3.85. The Morgan fingerprint density at radius 1 is 1.00 bits per heavy atom. The first-order valence-electron chi connectivity index (χ1n) is 8.20. The molecule has 1 amide bonds. The molecule has 0 unspecified atom stereocenters. The largest absolute Gasteiger partial charge is 0.506 e. The third-order valence-corrected chi connectivity index (χ3v) is 4.54. The maximum Gasteiger partial charge on any atom is 0.253 e. The van der Waals surface area contributed by atoms with Crippen LogP contribution in [-0.2, 0) is 0 Å². The number of phenolic OH excluding ortho intramolecular Hbond substituents is 1. The number of likely N-dealkylation sites (tertiary alicyclic amines) is 1.